The smallest absolute Gasteiger partial charge is 0.410 e. The molecule has 1 aromatic carbocycles. The number of ether oxygens (including phenoxy) is 2. The van der Waals surface area contributed by atoms with E-state index in [0.717, 1.165) is 18.6 Å². The lowest BCUT2D eigenvalue weighted by molar-refractivity contribution is 0.0205. The van der Waals surface area contributed by atoms with Crippen LogP contribution in [0.4, 0.5) is 4.79 Å². The number of piperidine rings is 1. The topological polar surface area (TPSA) is 38.8 Å². The number of benzene rings is 1. The van der Waals surface area contributed by atoms with E-state index in [1.165, 1.54) is 5.56 Å². The van der Waals surface area contributed by atoms with Gasteiger partial charge in [-0.25, -0.2) is 4.79 Å². The van der Waals surface area contributed by atoms with E-state index < -0.39 is 5.60 Å². The molecule has 0 aliphatic carbocycles. The number of hydrogen-bond acceptors (Lipinski definition) is 3. The first-order chi connectivity index (χ1) is 11.3. The number of halogens is 1. The number of hydrogen-bond donors (Lipinski definition) is 0. The summed E-state index contributed by atoms with van der Waals surface area (Å²) in [5, 5.41) is 0.684. The van der Waals surface area contributed by atoms with Crippen LogP contribution in [0.5, 0.6) is 5.75 Å². The largest absolute Gasteiger partial charge is 0.497 e. The van der Waals surface area contributed by atoms with Gasteiger partial charge in [-0.1, -0.05) is 25.4 Å². The summed E-state index contributed by atoms with van der Waals surface area (Å²) >= 11 is 6.14. The predicted octanol–water partition coefficient (Wildman–Crippen LogP) is 5.49. The summed E-state index contributed by atoms with van der Waals surface area (Å²) in [7, 11) is 1.64. The van der Waals surface area contributed by atoms with Crippen molar-refractivity contribution in [1.29, 1.82) is 0 Å². The molecule has 0 bridgehead atoms. The third kappa shape index (κ3) is 6.23. The molecule has 1 amide bonds. The van der Waals surface area contributed by atoms with Crippen LogP contribution in [0.1, 0.15) is 58.9 Å². The van der Waals surface area contributed by atoms with Gasteiger partial charge in [-0.05, 0) is 63.3 Å². The standard InChI is InChI=1S/C17H24ClNO3.C2H6/c1-17(2,3)22-16(20)19-7-5-12(6-8-19)13-9-14(18)11-15(10-13)21-4;1-2/h9-12H,5-8H2,1-4H3;1-2H3. The van der Waals surface area contributed by atoms with Crippen molar-refractivity contribution in [3.8, 4) is 5.75 Å². The summed E-state index contributed by atoms with van der Waals surface area (Å²) in [6.45, 7) is 11.1. The van der Waals surface area contributed by atoms with Crippen LogP contribution in [0.3, 0.4) is 0 Å². The Hall–Kier alpha value is -1.42. The normalized spacial score (nSPS) is 15.4. The third-order valence-corrected chi connectivity index (χ3v) is 3.97. The minimum atomic E-state index is -0.450. The van der Waals surface area contributed by atoms with Crippen molar-refractivity contribution in [2.24, 2.45) is 0 Å². The average Bonchev–Trinajstić information content (AvgIpc) is 2.54. The molecule has 0 spiro atoms. The Morgan fingerprint density at radius 3 is 2.25 bits per heavy atom. The molecule has 0 saturated carbocycles. The second kappa shape index (κ2) is 9.16. The minimum absolute atomic E-state index is 0.227. The van der Waals surface area contributed by atoms with E-state index in [9.17, 15) is 4.79 Å². The van der Waals surface area contributed by atoms with Gasteiger partial charge in [-0.2, -0.15) is 0 Å². The van der Waals surface area contributed by atoms with Crippen LogP contribution in [-0.4, -0.2) is 36.8 Å². The second-order valence-corrected chi connectivity index (χ2v) is 7.10. The van der Waals surface area contributed by atoms with E-state index in [1.807, 2.05) is 46.8 Å². The molecule has 1 aromatic rings. The molecule has 1 heterocycles. The van der Waals surface area contributed by atoms with Gasteiger partial charge in [0.1, 0.15) is 11.4 Å². The van der Waals surface area contributed by atoms with Crippen LogP contribution in [0.15, 0.2) is 18.2 Å². The molecule has 4 nitrogen and oxygen atoms in total. The van der Waals surface area contributed by atoms with Crippen LogP contribution in [0, 0.1) is 0 Å². The van der Waals surface area contributed by atoms with Gasteiger partial charge < -0.3 is 14.4 Å². The maximum atomic E-state index is 12.1. The van der Waals surface area contributed by atoms with Crippen LogP contribution in [0.25, 0.3) is 0 Å². The summed E-state index contributed by atoms with van der Waals surface area (Å²) in [5.74, 6) is 1.17. The Bertz CT molecular complexity index is 532. The van der Waals surface area contributed by atoms with E-state index >= 15 is 0 Å². The van der Waals surface area contributed by atoms with Crippen LogP contribution < -0.4 is 4.74 Å². The molecule has 0 aromatic heterocycles. The lowest BCUT2D eigenvalue weighted by Crippen LogP contribution is -2.41. The highest BCUT2D eigenvalue weighted by molar-refractivity contribution is 6.30. The van der Waals surface area contributed by atoms with Crippen molar-refractivity contribution in [2.45, 2.75) is 59.0 Å². The lowest BCUT2D eigenvalue weighted by atomic mass is 9.89. The Morgan fingerprint density at radius 1 is 1.17 bits per heavy atom. The van der Waals surface area contributed by atoms with Gasteiger partial charge in [0, 0.05) is 18.1 Å². The first-order valence-corrected chi connectivity index (χ1v) is 8.98. The molecular weight excluding hydrogens is 326 g/mol. The van der Waals surface area contributed by atoms with Crippen LogP contribution >= 0.6 is 11.6 Å². The molecular formula is C19H30ClNO3. The van der Waals surface area contributed by atoms with E-state index in [0.29, 0.717) is 24.0 Å². The van der Waals surface area contributed by atoms with Gasteiger partial charge >= 0.3 is 6.09 Å². The second-order valence-electron chi connectivity index (χ2n) is 6.67. The van der Waals surface area contributed by atoms with Gasteiger partial charge in [0.2, 0.25) is 0 Å². The molecule has 0 radical (unpaired) electrons. The quantitative estimate of drug-likeness (QED) is 0.704. The van der Waals surface area contributed by atoms with E-state index in [2.05, 4.69) is 0 Å². The Kier molecular flexibility index (Phi) is 7.88. The van der Waals surface area contributed by atoms with Crippen molar-refractivity contribution >= 4 is 17.7 Å². The first kappa shape index (κ1) is 20.6. The Balaban J connectivity index is 0.00000139. The summed E-state index contributed by atoms with van der Waals surface area (Å²) in [4.78, 5) is 13.9. The molecule has 5 heteroatoms. The van der Waals surface area contributed by atoms with Gasteiger partial charge in [-0.3, -0.25) is 0 Å². The monoisotopic (exact) mass is 355 g/mol. The van der Waals surface area contributed by atoms with Crippen molar-refractivity contribution in [3.63, 3.8) is 0 Å². The summed E-state index contributed by atoms with van der Waals surface area (Å²) in [5.41, 5.74) is 0.724. The Morgan fingerprint density at radius 2 is 1.75 bits per heavy atom. The zero-order valence-electron chi connectivity index (χ0n) is 15.7. The molecule has 2 rings (SSSR count). The lowest BCUT2D eigenvalue weighted by Gasteiger charge is -2.33. The average molecular weight is 356 g/mol. The Labute approximate surface area is 151 Å². The van der Waals surface area contributed by atoms with Crippen LogP contribution in [0.2, 0.25) is 5.02 Å². The highest BCUT2D eigenvalue weighted by atomic mass is 35.5. The van der Waals surface area contributed by atoms with Crippen molar-refractivity contribution in [3.05, 3.63) is 28.8 Å². The molecule has 0 N–H and O–H groups in total. The molecule has 0 unspecified atom stereocenters. The molecule has 136 valence electrons. The van der Waals surface area contributed by atoms with Crippen LogP contribution in [-0.2, 0) is 4.74 Å². The SMILES string of the molecule is CC.COc1cc(Cl)cc(C2CCN(C(=O)OC(C)(C)C)CC2)c1. The summed E-state index contributed by atoms with van der Waals surface area (Å²) < 4.78 is 10.7. The summed E-state index contributed by atoms with van der Waals surface area (Å²) in [6, 6.07) is 5.82. The fraction of sp³-hybridized carbons (Fsp3) is 0.632. The number of nitrogens with zero attached hydrogens (tertiary/aromatic N) is 1. The zero-order valence-corrected chi connectivity index (χ0v) is 16.4. The zero-order chi connectivity index (χ0) is 18.3. The molecule has 1 saturated heterocycles. The molecule has 0 atom stereocenters. The fourth-order valence-electron chi connectivity index (χ4n) is 2.66. The number of likely N-dealkylation sites (tertiary alicyclic amines) is 1. The summed E-state index contributed by atoms with van der Waals surface area (Å²) in [6.07, 6.45) is 1.58. The number of carbonyl (C=O) groups is 1. The molecule has 1 aliphatic heterocycles. The minimum Gasteiger partial charge on any atom is -0.497 e. The number of rotatable bonds is 2. The maximum Gasteiger partial charge on any atom is 0.410 e. The van der Waals surface area contributed by atoms with Crippen molar-refractivity contribution in [1.82, 2.24) is 4.90 Å². The van der Waals surface area contributed by atoms with Crippen molar-refractivity contribution in [2.75, 3.05) is 20.2 Å². The molecule has 1 aliphatic rings. The van der Waals surface area contributed by atoms with Gasteiger partial charge in [0.15, 0.2) is 0 Å². The van der Waals surface area contributed by atoms with Crippen molar-refractivity contribution < 1.29 is 14.3 Å². The highest BCUT2D eigenvalue weighted by Crippen LogP contribution is 2.32. The van der Waals surface area contributed by atoms with E-state index in [1.54, 1.807) is 18.1 Å². The van der Waals surface area contributed by atoms with Gasteiger partial charge in [-0.15, -0.1) is 0 Å². The third-order valence-electron chi connectivity index (χ3n) is 3.75. The maximum absolute atomic E-state index is 12.1. The number of amides is 1. The van der Waals surface area contributed by atoms with Gasteiger partial charge in [0.25, 0.3) is 0 Å². The molecule has 24 heavy (non-hydrogen) atoms. The van der Waals surface area contributed by atoms with Gasteiger partial charge in [0.05, 0.1) is 7.11 Å². The predicted molar refractivity (Wildman–Crippen MR) is 99.1 cm³/mol. The molecule has 1 fully saturated rings. The number of methoxy groups -OCH3 is 1. The fourth-order valence-corrected chi connectivity index (χ4v) is 2.89. The van der Waals surface area contributed by atoms with E-state index in [4.69, 9.17) is 21.1 Å². The van der Waals surface area contributed by atoms with E-state index in [-0.39, 0.29) is 6.09 Å². The first-order valence-electron chi connectivity index (χ1n) is 8.61. The number of carbonyl (C=O) groups excluding carboxylic acids is 1. The highest BCUT2D eigenvalue weighted by Gasteiger charge is 2.27.